The number of pyridine rings is 1. The van der Waals surface area contributed by atoms with Crippen LogP contribution in [-0.4, -0.2) is 9.55 Å². The second-order valence-corrected chi connectivity index (χ2v) is 18.4. The molecule has 0 bridgehead atoms. The average Bonchev–Trinajstić information content (AvgIpc) is 3.88. The number of hydrogen-bond acceptors (Lipinski definition) is 2. The molecule has 0 amide bonds. The molecule has 0 saturated carbocycles. The average molecular weight is 823 g/mol. The van der Waals surface area contributed by atoms with Crippen molar-refractivity contribution in [3.05, 3.63) is 191 Å². The third-order valence-electron chi connectivity index (χ3n) is 13.9. The number of allylic oxidation sites excluding steroid dienone is 1. The number of nitrogens with zero attached hydrogens (tertiary/aromatic N) is 4. The number of aromatic nitrogens is 4. The molecule has 5 heteroatoms. The van der Waals surface area contributed by atoms with Crippen molar-refractivity contribution < 1.29 is 13.6 Å². The van der Waals surface area contributed by atoms with Crippen LogP contribution in [0.5, 0.6) is 0 Å². The van der Waals surface area contributed by atoms with Crippen LogP contribution in [0, 0.1) is 13.8 Å². The van der Waals surface area contributed by atoms with Gasteiger partial charge in [0.15, 0.2) is 28.9 Å². The third-order valence-corrected chi connectivity index (χ3v) is 13.9. The summed E-state index contributed by atoms with van der Waals surface area (Å²) in [6.45, 7) is 19.5. The van der Waals surface area contributed by atoms with Gasteiger partial charge in [-0.05, 0) is 109 Å². The van der Waals surface area contributed by atoms with E-state index < -0.39 is 0 Å². The summed E-state index contributed by atoms with van der Waals surface area (Å²) in [6, 6.07) is 51.1. The molecule has 2 aliphatic rings. The number of hydrogen-bond donors (Lipinski definition) is 0. The molecule has 11 rings (SSSR count). The fraction of sp³-hybridized carbons (Fsp3) is 0.224. The van der Waals surface area contributed by atoms with E-state index in [0.717, 1.165) is 40.9 Å². The van der Waals surface area contributed by atoms with E-state index in [1.165, 1.54) is 78.1 Å². The summed E-state index contributed by atoms with van der Waals surface area (Å²) in [4.78, 5) is 5.58. The Kier molecular flexibility index (Phi) is 9.42. The van der Waals surface area contributed by atoms with Gasteiger partial charge in [0.05, 0.1) is 11.5 Å². The Morgan fingerprint density at radius 2 is 1.40 bits per heavy atom. The molecule has 6 aromatic carbocycles. The predicted octanol–water partition coefficient (Wildman–Crippen LogP) is 13.7. The molecule has 0 spiro atoms. The van der Waals surface area contributed by atoms with E-state index in [2.05, 4.69) is 201 Å². The van der Waals surface area contributed by atoms with Gasteiger partial charge in [0.25, 0.3) is 5.82 Å². The van der Waals surface area contributed by atoms with E-state index in [1.54, 1.807) is 0 Å². The van der Waals surface area contributed by atoms with Gasteiger partial charge < -0.3 is 4.42 Å². The zero-order valence-corrected chi connectivity index (χ0v) is 37.2. The van der Waals surface area contributed by atoms with Gasteiger partial charge in [-0.2, -0.15) is 9.13 Å². The monoisotopic (exact) mass is 822 g/mol. The molecule has 5 nitrogen and oxygen atoms in total. The first kappa shape index (κ1) is 39.0. The molecule has 310 valence electrons. The number of imidazole rings is 1. The standard InChI is InChI=1S/C58H54N4O/c1-35(2)41-25-18-26-42(36(3)4)55(41)62-51-29-14-13-28-50(51)61-34-39(7)54-46(43-23-11-12-24-44(43)49-27-15-16-32-60(49)54)31-30-45-47(58(61)62)33-48(52-37(5)19-17-20-38(52)6)56-53(45)59-57(63-56)40-21-9-8-10-22-40/h8-29,32-33,35-36,46,54H,7,30-31,34H2,1-6H3/q+2. The van der Waals surface area contributed by atoms with Crippen LogP contribution in [0.2, 0.25) is 0 Å². The number of benzene rings is 6. The zero-order chi connectivity index (χ0) is 43.1. The molecule has 0 fully saturated rings. The first-order chi connectivity index (χ1) is 30.7. The second-order valence-electron chi connectivity index (χ2n) is 18.4. The Balaban J connectivity index is 1.32. The van der Waals surface area contributed by atoms with Gasteiger partial charge in [-0.3, -0.25) is 0 Å². The lowest BCUT2D eigenvalue weighted by Gasteiger charge is -2.32. The molecule has 0 N–H and O–H groups in total. The van der Waals surface area contributed by atoms with Gasteiger partial charge in [-0.25, -0.2) is 9.55 Å². The van der Waals surface area contributed by atoms with Crippen molar-refractivity contribution >= 4 is 22.1 Å². The smallest absolute Gasteiger partial charge is 0.295 e. The summed E-state index contributed by atoms with van der Waals surface area (Å²) in [7, 11) is 0. The van der Waals surface area contributed by atoms with Crippen molar-refractivity contribution in [1.29, 1.82) is 0 Å². The molecular weight excluding hydrogens is 769 g/mol. The third kappa shape index (κ3) is 6.15. The van der Waals surface area contributed by atoms with Crippen LogP contribution in [-0.2, 0) is 13.0 Å². The summed E-state index contributed by atoms with van der Waals surface area (Å²) in [5, 5.41) is 0. The maximum Gasteiger partial charge on any atom is 0.295 e. The summed E-state index contributed by atoms with van der Waals surface area (Å²) < 4.78 is 14.8. The van der Waals surface area contributed by atoms with Gasteiger partial charge >= 0.3 is 0 Å². The highest BCUT2D eigenvalue weighted by molar-refractivity contribution is 6.00. The maximum absolute atomic E-state index is 7.09. The van der Waals surface area contributed by atoms with Crippen molar-refractivity contribution in [2.24, 2.45) is 0 Å². The van der Waals surface area contributed by atoms with Crippen molar-refractivity contribution in [2.45, 2.75) is 84.7 Å². The molecule has 0 aliphatic carbocycles. The highest BCUT2D eigenvalue weighted by Crippen LogP contribution is 2.48. The Morgan fingerprint density at radius 1 is 0.714 bits per heavy atom. The van der Waals surface area contributed by atoms with Gasteiger partial charge in [0.1, 0.15) is 17.7 Å². The van der Waals surface area contributed by atoms with Gasteiger partial charge in [-0.15, -0.1) is 0 Å². The largest absolute Gasteiger partial charge is 0.435 e. The lowest BCUT2D eigenvalue weighted by Crippen LogP contribution is -2.51. The van der Waals surface area contributed by atoms with Crippen molar-refractivity contribution in [1.82, 2.24) is 9.55 Å². The molecular formula is C58H54N4O+2. The summed E-state index contributed by atoms with van der Waals surface area (Å²) in [5.74, 6) is 2.56. The highest BCUT2D eigenvalue weighted by atomic mass is 16.3. The molecule has 5 heterocycles. The fourth-order valence-electron chi connectivity index (χ4n) is 11.1. The van der Waals surface area contributed by atoms with E-state index in [1.807, 2.05) is 0 Å². The van der Waals surface area contributed by atoms with Crippen LogP contribution in [0.1, 0.15) is 91.3 Å². The number of rotatable bonds is 5. The predicted molar refractivity (Wildman–Crippen MR) is 256 cm³/mol. The van der Waals surface area contributed by atoms with E-state index in [4.69, 9.17) is 16.0 Å². The number of para-hydroxylation sites is 3. The number of oxazole rings is 1. The fourth-order valence-corrected chi connectivity index (χ4v) is 11.1. The van der Waals surface area contributed by atoms with Gasteiger partial charge in [-0.1, -0.05) is 119 Å². The minimum Gasteiger partial charge on any atom is -0.435 e. The molecule has 63 heavy (non-hydrogen) atoms. The molecule has 9 aromatic rings. The topological polar surface area (TPSA) is 38.7 Å². The second kappa shape index (κ2) is 15.2. The summed E-state index contributed by atoms with van der Waals surface area (Å²) >= 11 is 0. The van der Waals surface area contributed by atoms with Crippen LogP contribution < -0.4 is 9.13 Å². The Hall–Kier alpha value is -6.85. The number of aryl methyl sites for hydroxylation is 3. The quantitative estimate of drug-likeness (QED) is 0.128. The molecule has 2 atom stereocenters. The molecule has 2 unspecified atom stereocenters. The normalized spacial score (nSPS) is 15.9. The summed E-state index contributed by atoms with van der Waals surface area (Å²) in [6.07, 6.45) is 3.96. The van der Waals surface area contributed by atoms with Crippen molar-refractivity contribution in [2.75, 3.05) is 0 Å². The first-order valence-corrected chi connectivity index (χ1v) is 22.7. The van der Waals surface area contributed by atoms with E-state index in [9.17, 15) is 0 Å². The van der Waals surface area contributed by atoms with Crippen molar-refractivity contribution in [3.8, 4) is 50.9 Å². The van der Waals surface area contributed by atoms with Crippen LogP contribution in [0.3, 0.4) is 0 Å². The zero-order valence-electron chi connectivity index (χ0n) is 37.2. The van der Waals surface area contributed by atoms with Crippen LogP contribution in [0.25, 0.3) is 73.0 Å². The molecule has 3 aromatic heterocycles. The lowest BCUT2D eigenvalue weighted by atomic mass is 9.76. The van der Waals surface area contributed by atoms with Crippen LogP contribution in [0.4, 0.5) is 0 Å². The molecule has 0 radical (unpaired) electrons. The van der Waals surface area contributed by atoms with E-state index in [0.29, 0.717) is 24.3 Å². The molecule has 2 aliphatic heterocycles. The highest BCUT2D eigenvalue weighted by Gasteiger charge is 2.44. The van der Waals surface area contributed by atoms with E-state index in [-0.39, 0.29) is 12.0 Å². The maximum atomic E-state index is 7.09. The Morgan fingerprint density at radius 3 is 2.16 bits per heavy atom. The van der Waals surface area contributed by atoms with Crippen LogP contribution >= 0.6 is 0 Å². The first-order valence-electron chi connectivity index (χ1n) is 22.7. The minimum absolute atomic E-state index is 0.0378. The Labute approximate surface area is 370 Å². The van der Waals surface area contributed by atoms with Gasteiger partial charge in [0, 0.05) is 45.5 Å². The summed E-state index contributed by atoms with van der Waals surface area (Å²) in [5.41, 5.74) is 21.2. The Bertz CT molecular complexity index is 3230. The molecule has 0 saturated heterocycles. The van der Waals surface area contributed by atoms with Crippen molar-refractivity contribution in [3.63, 3.8) is 0 Å². The van der Waals surface area contributed by atoms with Crippen LogP contribution in [0.15, 0.2) is 162 Å². The lowest BCUT2D eigenvalue weighted by molar-refractivity contribution is -0.718. The SMILES string of the molecule is C=C1C[n+]2c(n(-c3c(C(C)C)cccc3C(C)C)c3ccccc32)-c2cc(-c3c(C)cccc3C)c3oc(-c4ccccc4)nc3c2CCC2c3ccccc3-c3cccc[n+]3C12. The van der Waals surface area contributed by atoms with Gasteiger partial charge in [0.2, 0.25) is 11.6 Å². The van der Waals surface area contributed by atoms with E-state index >= 15 is 0 Å². The number of fused-ring (bicyclic) bond motifs is 13. The minimum atomic E-state index is 0.0378.